The van der Waals surface area contributed by atoms with Crippen molar-refractivity contribution in [1.29, 1.82) is 0 Å². The van der Waals surface area contributed by atoms with Gasteiger partial charge in [0.1, 0.15) is 5.65 Å². The molecule has 0 aliphatic rings. The fourth-order valence-electron chi connectivity index (χ4n) is 3.65. The molecule has 12 heteroatoms. The number of hydrogen-bond donors (Lipinski definition) is 4. The van der Waals surface area contributed by atoms with Crippen LogP contribution in [0.25, 0.3) is 11.0 Å². The summed E-state index contributed by atoms with van der Waals surface area (Å²) in [5.74, 6) is 0.202. The zero-order chi connectivity index (χ0) is 26.4. The predicted octanol–water partition coefficient (Wildman–Crippen LogP) is 3.09. The summed E-state index contributed by atoms with van der Waals surface area (Å²) in [5, 5.41) is 10.1. The molecule has 0 saturated heterocycles. The molecular weight excluding hydrogens is 494 g/mol. The third-order valence-electron chi connectivity index (χ3n) is 5.68. The monoisotopic (exact) mass is 523 g/mol. The number of aromatic amines is 1. The van der Waals surface area contributed by atoms with Crippen LogP contribution in [0.2, 0.25) is 0 Å². The third kappa shape index (κ3) is 6.35. The number of benzene rings is 2. The Hall–Kier alpha value is -4.16. The number of anilines is 4. The molecule has 0 fully saturated rings. The summed E-state index contributed by atoms with van der Waals surface area (Å²) in [5.41, 5.74) is 3.83. The lowest BCUT2D eigenvalue weighted by Gasteiger charge is -2.21. The lowest BCUT2D eigenvalue weighted by molar-refractivity contribution is 0.0937. The molecule has 2 aromatic heterocycles. The number of nitrogens with zero attached hydrogens (tertiary/aromatic N) is 3. The van der Waals surface area contributed by atoms with Gasteiger partial charge in [0.2, 0.25) is 16.0 Å². The molecule has 0 radical (unpaired) electrons. The first-order valence-corrected chi connectivity index (χ1v) is 13.4. The highest BCUT2D eigenvalue weighted by Gasteiger charge is 2.16. The van der Waals surface area contributed by atoms with Crippen LogP contribution in [-0.2, 0) is 21.3 Å². The predicted molar refractivity (Wildman–Crippen MR) is 145 cm³/mol. The van der Waals surface area contributed by atoms with Gasteiger partial charge in [-0.1, -0.05) is 12.1 Å². The Morgan fingerprint density at radius 2 is 1.84 bits per heavy atom. The van der Waals surface area contributed by atoms with Crippen LogP contribution in [0.1, 0.15) is 16.1 Å². The van der Waals surface area contributed by atoms with Gasteiger partial charge in [-0.05, 0) is 42.5 Å². The number of carbonyl (C=O) groups is 1. The summed E-state index contributed by atoms with van der Waals surface area (Å²) in [6.07, 6.45) is 2.95. The van der Waals surface area contributed by atoms with Crippen molar-refractivity contribution < 1.29 is 17.9 Å². The van der Waals surface area contributed by atoms with Crippen molar-refractivity contribution in [2.75, 3.05) is 48.5 Å². The fourth-order valence-corrected chi connectivity index (χ4v) is 4.17. The van der Waals surface area contributed by atoms with E-state index in [-0.39, 0.29) is 5.91 Å². The van der Waals surface area contributed by atoms with Crippen LogP contribution in [0, 0.1) is 0 Å². The lowest BCUT2D eigenvalue weighted by atomic mass is 10.2. The summed E-state index contributed by atoms with van der Waals surface area (Å²) in [6, 6.07) is 16.1. The smallest absolute Gasteiger partial charge is 0.251 e. The number of ether oxygens (including phenoxy) is 1. The molecule has 194 valence electrons. The number of methoxy groups -OCH3 is 1. The maximum absolute atomic E-state index is 12.2. The topological polar surface area (TPSA) is 141 Å². The van der Waals surface area contributed by atoms with Crippen molar-refractivity contribution in [2.24, 2.45) is 0 Å². The van der Waals surface area contributed by atoms with E-state index in [9.17, 15) is 13.2 Å². The molecule has 0 spiro atoms. The van der Waals surface area contributed by atoms with E-state index in [0.29, 0.717) is 48.2 Å². The highest BCUT2D eigenvalue weighted by atomic mass is 32.2. The highest BCUT2D eigenvalue weighted by Crippen LogP contribution is 2.28. The molecule has 0 atom stereocenters. The quantitative estimate of drug-likeness (QED) is 0.220. The largest absolute Gasteiger partial charge is 0.383 e. The number of sulfonamides is 1. The Kier molecular flexibility index (Phi) is 7.89. The maximum atomic E-state index is 12.2. The summed E-state index contributed by atoms with van der Waals surface area (Å²) in [4.78, 5) is 24.5. The first kappa shape index (κ1) is 25.9. The average molecular weight is 524 g/mol. The highest BCUT2D eigenvalue weighted by molar-refractivity contribution is 7.92. The standard InChI is InChI=1S/C25H29N7O4S/c1-32(37(3,34)35)22-7-5-4-6-20(22)28-16-21-19-12-13-26-23(19)31-25(30-21)29-18-10-8-17(9-11-18)24(33)27-14-15-36-2/h4-13,28H,14-16H2,1-3H3,(H,27,33)(H2,26,29,30,31). The van der Waals surface area contributed by atoms with Crippen molar-refractivity contribution in [1.82, 2.24) is 20.3 Å². The molecule has 0 aliphatic carbocycles. The van der Waals surface area contributed by atoms with Crippen molar-refractivity contribution in [3.63, 3.8) is 0 Å². The molecular formula is C25H29N7O4S. The Morgan fingerprint density at radius 1 is 1.08 bits per heavy atom. The first-order chi connectivity index (χ1) is 17.8. The van der Waals surface area contributed by atoms with Crippen LogP contribution >= 0.6 is 0 Å². The van der Waals surface area contributed by atoms with E-state index in [1.165, 1.54) is 11.4 Å². The van der Waals surface area contributed by atoms with E-state index < -0.39 is 10.0 Å². The van der Waals surface area contributed by atoms with Gasteiger partial charge < -0.3 is 25.7 Å². The van der Waals surface area contributed by atoms with Crippen LogP contribution in [0.5, 0.6) is 0 Å². The van der Waals surface area contributed by atoms with E-state index in [1.807, 2.05) is 18.2 Å². The summed E-state index contributed by atoms with van der Waals surface area (Å²) in [7, 11) is -0.325. The van der Waals surface area contributed by atoms with Crippen LogP contribution < -0.4 is 20.3 Å². The van der Waals surface area contributed by atoms with E-state index >= 15 is 0 Å². The molecule has 37 heavy (non-hydrogen) atoms. The fraction of sp³-hybridized carbons (Fsp3) is 0.240. The Morgan fingerprint density at radius 3 is 2.57 bits per heavy atom. The van der Waals surface area contributed by atoms with Crippen LogP contribution in [0.15, 0.2) is 60.8 Å². The Labute approximate surface area is 215 Å². The molecule has 2 heterocycles. The maximum Gasteiger partial charge on any atom is 0.251 e. The van der Waals surface area contributed by atoms with E-state index in [0.717, 1.165) is 23.0 Å². The molecule has 1 amide bonds. The van der Waals surface area contributed by atoms with Gasteiger partial charge in [0, 0.05) is 43.5 Å². The number of rotatable bonds is 11. The minimum Gasteiger partial charge on any atom is -0.383 e. The summed E-state index contributed by atoms with van der Waals surface area (Å²) < 4.78 is 30.3. The number of para-hydroxylation sites is 2. The number of nitrogens with one attached hydrogen (secondary N) is 4. The number of H-pyrrole nitrogens is 1. The van der Waals surface area contributed by atoms with Gasteiger partial charge in [-0.15, -0.1) is 0 Å². The minimum atomic E-state index is -3.42. The van der Waals surface area contributed by atoms with Crippen LogP contribution in [0.3, 0.4) is 0 Å². The van der Waals surface area contributed by atoms with Crippen molar-refractivity contribution in [2.45, 2.75) is 6.54 Å². The molecule has 0 bridgehead atoms. The van der Waals surface area contributed by atoms with Gasteiger partial charge in [-0.2, -0.15) is 4.98 Å². The van der Waals surface area contributed by atoms with Gasteiger partial charge in [-0.25, -0.2) is 13.4 Å². The van der Waals surface area contributed by atoms with Crippen molar-refractivity contribution in [3.05, 3.63) is 72.1 Å². The number of aromatic nitrogens is 3. The molecule has 4 N–H and O–H groups in total. The molecule has 0 aliphatic heterocycles. The van der Waals surface area contributed by atoms with Gasteiger partial charge in [0.15, 0.2) is 0 Å². The Balaban J connectivity index is 1.52. The van der Waals surface area contributed by atoms with E-state index in [2.05, 4.69) is 30.9 Å². The van der Waals surface area contributed by atoms with Gasteiger partial charge in [0.25, 0.3) is 5.91 Å². The lowest BCUT2D eigenvalue weighted by Crippen LogP contribution is -2.26. The normalized spacial score (nSPS) is 11.3. The first-order valence-electron chi connectivity index (χ1n) is 11.5. The van der Waals surface area contributed by atoms with Crippen LogP contribution in [-0.4, -0.2) is 62.8 Å². The molecule has 2 aromatic carbocycles. The van der Waals surface area contributed by atoms with Crippen LogP contribution in [0.4, 0.5) is 23.0 Å². The third-order valence-corrected chi connectivity index (χ3v) is 6.87. The second kappa shape index (κ2) is 11.3. The second-order valence-electron chi connectivity index (χ2n) is 8.29. The number of carbonyl (C=O) groups excluding carboxylic acids is 1. The zero-order valence-corrected chi connectivity index (χ0v) is 21.6. The SMILES string of the molecule is COCCNC(=O)c1ccc(Nc2nc(CNc3ccccc3N(C)S(C)(=O)=O)c3cc[nH]c3n2)cc1. The molecule has 0 unspecified atom stereocenters. The number of amides is 1. The van der Waals surface area contributed by atoms with E-state index in [1.54, 1.807) is 49.7 Å². The molecule has 4 aromatic rings. The molecule has 4 rings (SSSR count). The summed E-state index contributed by atoms with van der Waals surface area (Å²) in [6.45, 7) is 1.22. The van der Waals surface area contributed by atoms with Crippen molar-refractivity contribution in [3.8, 4) is 0 Å². The van der Waals surface area contributed by atoms with Gasteiger partial charge >= 0.3 is 0 Å². The minimum absolute atomic E-state index is 0.178. The molecule has 0 saturated carbocycles. The Bertz CT molecular complexity index is 1490. The van der Waals surface area contributed by atoms with Gasteiger partial charge in [0.05, 0.1) is 36.5 Å². The number of fused-ring (bicyclic) bond motifs is 1. The second-order valence-corrected chi connectivity index (χ2v) is 10.3. The van der Waals surface area contributed by atoms with Gasteiger partial charge in [-0.3, -0.25) is 9.10 Å². The summed E-state index contributed by atoms with van der Waals surface area (Å²) >= 11 is 0. The zero-order valence-electron chi connectivity index (χ0n) is 20.8. The average Bonchev–Trinajstić information content (AvgIpc) is 3.36. The number of hydrogen-bond acceptors (Lipinski definition) is 8. The van der Waals surface area contributed by atoms with E-state index in [4.69, 9.17) is 4.74 Å². The molecule has 11 nitrogen and oxygen atoms in total. The van der Waals surface area contributed by atoms with Crippen molar-refractivity contribution >= 4 is 50.0 Å².